The lowest BCUT2D eigenvalue weighted by molar-refractivity contribution is 0.0949. The van der Waals surface area contributed by atoms with E-state index >= 15 is 0 Å². The Kier molecular flexibility index (Phi) is 4.92. The number of carbonyl (C=O) groups is 1. The van der Waals surface area contributed by atoms with Gasteiger partial charge in [0.25, 0.3) is 5.91 Å². The van der Waals surface area contributed by atoms with Gasteiger partial charge in [-0.2, -0.15) is 0 Å². The predicted molar refractivity (Wildman–Crippen MR) is 82.2 cm³/mol. The largest absolute Gasteiger partial charge is 0.385 e. The average Bonchev–Trinajstić information content (AvgIpc) is 2.94. The Morgan fingerprint density at radius 3 is 2.81 bits per heavy atom. The summed E-state index contributed by atoms with van der Waals surface area (Å²) in [6, 6.07) is 5.64. The lowest BCUT2D eigenvalue weighted by Crippen LogP contribution is -2.24. The number of hydrogen-bond acceptors (Lipinski definition) is 4. The van der Waals surface area contributed by atoms with E-state index in [1.165, 1.54) is 0 Å². The zero-order valence-corrected chi connectivity index (χ0v) is 12.7. The van der Waals surface area contributed by atoms with Gasteiger partial charge in [-0.15, -0.1) is 10.2 Å². The molecule has 21 heavy (non-hydrogen) atoms. The lowest BCUT2D eigenvalue weighted by Gasteiger charge is -2.10. The minimum atomic E-state index is -0.105. The second-order valence-electron chi connectivity index (χ2n) is 4.78. The van der Waals surface area contributed by atoms with Gasteiger partial charge in [0, 0.05) is 24.3 Å². The minimum absolute atomic E-state index is 0.105. The van der Waals surface area contributed by atoms with E-state index in [1.807, 2.05) is 43.5 Å². The van der Waals surface area contributed by atoms with Gasteiger partial charge in [-0.25, -0.2) is 0 Å². The minimum Gasteiger partial charge on any atom is -0.385 e. The topological polar surface area (TPSA) is 71.8 Å². The maximum absolute atomic E-state index is 12.2. The molecule has 2 aromatic rings. The molecular formula is C15H21N5O. The van der Waals surface area contributed by atoms with Crippen molar-refractivity contribution in [2.45, 2.75) is 33.9 Å². The number of rotatable bonds is 6. The number of anilines is 1. The second kappa shape index (κ2) is 6.88. The van der Waals surface area contributed by atoms with Crippen molar-refractivity contribution in [3.8, 4) is 0 Å². The fourth-order valence-corrected chi connectivity index (χ4v) is 2.14. The summed E-state index contributed by atoms with van der Waals surface area (Å²) in [5.74, 6) is 0.652. The van der Waals surface area contributed by atoms with E-state index in [4.69, 9.17) is 0 Å². The molecule has 112 valence electrons. The van der Waals surface area contributed by atoms with Crippen molar-refractivity contribution in [2.24, 2.45) is 0 Å². The van der Waals surface area contributed by atoms with Gasteiger partial charge in [-0.1, -0.05) is 0 Å². The van der Waals surface area contributed by atoms with E-state index in [0.717, 1.165) is 30.2 Å². The number of aromatic nitrogens is 3. The summed E-state index contributed by atoms with van der Waals surface area (Å²) in [6.45, 7) is 8.07. The Morgan fingerprint density at radius 1 is 1.33 bits per heavy atom. The van der Waals surface area contributed by atoms with Crippen LogP contribution in [0, 0.1) is 6.92 Å². The number of aryl methyl sites for hydroxylation is 2. The van der Waals surface area contributed by atoms with Gasteiger partial charge in [0.2, 0.25) is 0 Å². The third-order valence-electron chi connectivity index (χ3n) is 3.30. The lowest BCUT2D eigenvalue weighted by atomic mass is 10.1. The van der Waals surface area contributed by atoms with Gasteiger partial charge in [-0.05, 0) is 44.5 Å². The molecule has 0 fully saturated rings. The molecule has 0 saturated carbocycles. The van der Waals surface area contributed by atoms with Gasteiger partial charge >= 0.3 is 0 Å². The number of carbonyl (C=O) groups excluding carboxylic acids is 1. The van der Waals surface area contributed by atoms with Crippen molar-refractivity contribution in [2.75, 3.05) is 11.9 Å². The normalized spacial score (nSPS) is 10.4. The molecule has 2 rings (SSSR count). The van der Waals surface area contributed by atoms with E-state index in [9.17, 15) is 4.79 Å². The van der Waals surface area contributed by atoms with Crippen molar-refractivity contribution in [1.29, 1.82) is 0 Å². The number of amides is 1. The Bertz CT molecular complexity index is 620. The van der Waals surface area contributed by atoms with Gasteiger partial charge in [-0.3, -0.25) is 4.79 Å². The summed E-state index contributed by atoms with van der Waals surface area (Å²) in [7, 11) is 0. The van der Waals surface area contributed by atoms with Gasteiger partial charge < -0.3 is 15.2 Å². The van der Waals surface area contributed by atoms with Crippen molar-refractivity contribution in [3.63, 3.8) is 0 Å². The highest BCUT2D eigenvalue weighted by Crippen LogP contribution is 2.16. The summed E-state index contributed by atoms with van der Waals surface area (Å²) in [5, 5.41) is 14.0. The molecule has 0 radical (unpaired) electrons. The molecule has 0 spiro atoms. The van der Waals surface area contributed by atoms with Crippen LogP contribution >= 0.6 is 0 Å². The summed E-state index contributed by atoms with van der Waals surface area (Å²) < 4.78 is 1.90. The number of hydrogen-bond donors (Lipinski definition) is 2. The number of nitrogens with zero attached hydrogens (tertiary/aromatic N) is 3. The highest BCUT2D eigenvalue weighted by atomic mass is 16.1. The van der Waals surface area contributed by atoms with Gasteiger partial charge in [0.1, 0.15) is 6.33 Å². The van der Waals surface area contributed by atoms with Crippen LogP contribution in [-0.4, -0.2) is 27.2 Å². The molecule has 1 aromatic carbocycles. The summed E-state index contributed by atoms with van der Waals surface area (Å²) in [6.07, 6.45) is 1.66. The third-order valence-corrected chi connectivity index (χ3v) is 3.30. The molecule has 6 nitrogen and oxygen atoms in total. The quantitative estimate of drug-likeness (QED) is 0.852. The third kappa shape index (κ3) is 3.59. The molecule has 0 aliphatic rings. The maximum Gasteiger partial charge on any atom is 0.251 e. The number of nitrogens with one attached hydrogen (secondary N) is 2. The summed E-state index contributed by atoms with van der Waals surface area (Å²) >= 11 is 0. The first kappa shape index (κ1) is 15.0. The Labute approximate surface area is 124 Å². The van der Waals surface area contributed by atoms with Crippen LogP contribution in [0.1, 0.15) is 35.6 Å². The van der Waals surface area contributed by atoms with Crippen molar-refractivity contribution < 1.29 is 4.79 Å². The SMILES string of the molecule is CCNc1ccc(C(=O)NCc2nncn2CC)cc1C. The maximum atomic E-state index is 12.2. The van der Waals surface area contributed by atoms with Crippen LogP contribution in [0.5, 0.6) is 0 Å². The van der Waals surface area contributed by atoms with E-state index in [1.54, 1.807) is 6.33 Å². The smallest absolute Gasteiger partial charge is 0.251 e. The fourth-order valence-electron chi connectivity index (χ4n) is 2.14. The van der Waals surface area contributed by atoms with Crippen LogP contribution in [0.25, 0.3) is 0 Å². The van der Waals surface area contributed by atoms with Crippen LogP contribution < -0.4 is 10.6 Å². The molecule has 1 aromatic heterocycles. The van der Waals surface area contributed by atoms with Crippen molar-refractivity contribution >= 4 is 11.6 Å². The first-order chi connectivity index (χ1) is 10.2. The number of benzene rings is 1. The van der Waals surface area contributed by atoms with Crippen LogP contribution in [0.15, 0.2) is 24.5 Å². The molecular weight excluding hydrogens is 266 g/mol. The fraction of sp³-hybridized carbons (Fsp3) is 0.400. The van der Waals surface area contributed by atoms with Crippen LogP contribution in [0.3, 0.4) is 0 Å². The van der Waals surface area contributed by atoms with E-state index in [2.05, 4.69) is 20.8 Å². The van der Waals surface area contributed by atoms with E-state index in [0.29, 0.717) is 12.1 Å². The Hall–Kier alpha value is -2.37. The highest BCUT2D eigenvalue weighted by molar-refractivity contribution is 5.94. The van der Waals surface area contributed by atoms with Crippen molar-refractivity contribution in [1.82, 2.24) is 20.1 Å². The molecule has 0 unspecified atom stereocenters. The molecule has 0 atom stereocenters. The first-order valence-corrected chi connectivity index (χ1v) is 7.15. The van der Waals surface area contributed by atoms with Crippen LogP contribution in [0.4, 0.5) is 5.69 Å². The van der Waals surface area contributed by atoms with E-state index in [-0.39, 0.29) is 5.91 Å². The highest BCUT2D eigenvalue weighted by Gasteiger charge is 2.09. The van der Waals surface area contributed by atoms with Crippen LogP contribution in [-0.2, 0) is 13.1 Å². The molecule has 1 heterocycles. The molecule has 0 aliphatic heterocycles. The van der Waals surface area contributed by atoms with Crippen molar-refractivity contribution in [3.05, 3.63) is 41.5 Å². The second-order valence-corrected chi connectivity index (χ2v) is 4.78. The molecule has 0 saturated heterocycles. The monoisotopic (exact) mass is 287 g/mol. The summed E-state index contributed by atoms with van der Waals surface area (Å²) in [4.78, 5) is 12.2. The van der Waals surface area contributed by atoms with Gasteiger partial charge in [0.05, 0.1) is 6.54 Å². The van der Waals surface area contributed by atoms with E-state index < -0.39 is 0 Å². The molecule has 0 bridgehead atoms. The Morgan fingerprint density at radius 2 is 2.14 bits per heavy atom. The summed E-state index contributed by atoms with van der Waals surface area (Å²) in [5.41, 5.74) is 2.76. The zero-order valence-electron chi connectivity index (χ0n) is 12.7. The first-order valence-electron chi connectivity index (χ1n) is 7.15. The molecule has 2 N–H and O–H groups in total. The molecule has 0 aliphatic carbocycles. The van der Waals surface area contributed by atoms with Gasteiger partial charge in [0.15, 0.2) is 5.82 Å². The Balaban J connectivity index is 2.02. The zero-order chi connectivity index (χ0) is 15.2. The average molecular weight is 287 g/mol. The predicted octanol–water partition coefficient (Wildman–Crippen LogP) is 1.97. The molecule has 1 amide bonds. The van der Waals surface area contributed by atoms with Crippen LogP contribution in [0.2, 0.25) is 0 Å². The molecule has 6 heteroatoms. The standard InChI is InChI=1S/C15H21N5O/c1-4-16-13-7-6-12(8-11(13)3)15(21)17-9-14-19-18-10-20(14)5-2/h6-8,10,16H,4-5,9H2,1-3H3,(H,17,21).